The molecule has 41 heavy (non-hydrogen) atoms. The molecule has 1 aliphatic carbocycles. The van der Waals surface area contributed by atoms with Gasteiger partial charge in [0.15, 0.2) is 14.1 Å². The summed E-state index contributed by atoms with van der Waals surface area (Å²) in [5.41, 5.74) is 2.89. The zero-order valence-corrected chi connectivity index (χ0v) is 26.4. The van der Waals surface area contributed by atoms with Gasteiger partial charge in [0.25, 0.3) is 0 Å². The molecule has 9 heteroatoms. The monoisotopic (exact) mass is 589 g/mol. The smallest absolute Gasteiger partial charge is 0.410 e. The van der Waals surface area contributed by atoms with Gasteiger partial charge in [0.05, 0.1) is 17.3 Å². The van der Waals surface area contributed by atoms with Crippen LogP contribution in [-0.4, -0.2) is 32.3 Å². The van der Waals surface area contributed by atoms with Crippen LogP contribution >= 0.6 is 0 Å². The highest BCUT2D eigenvalue weighted by atomic mass is 28.4. The van der Waals surface area contributed by atoms with Crippen LogP contribution in [0.5, 0.6) is 0 Å². The number of alkyl halides is 3. The first-order valence-corrected chi connectivity index (χ1v) is 17.4. The lowest BCUT2D eigenvalue weighted by Crippen LogP contribution is -2.45. The third kappa shape index (κ3) is 5.43. The van der Waals surface area contributed by atoms with Gasteiger partial charge in [0.2, 0.25) is 0 Å². The number of benzene rings is 1. The van der Waals surface area contributed by atoms with Crippen molar-refractivity contribution in [2.75, 3.05) is 13.2 Å². The van der Waals surface area contributed by atoms with Gasteiger partial charge in [0, 0.05) is 55.4 Å². The summed E-state index contributed by atoms with van der Waals surface area (Å²) in [4.78, 5) is 18.2. The Morgan fingerprint density at radius 1 is 1.05 bits per heavy atom. The first-order chi connectivity index (χ1) is 18.9. The van der Waals surface area contributed by atoms with Crippen molar-refractivity contribution < 1.29 is 31.9 Å². The maximum atomic E-state index is 13.4. The molecule has 1 spiro atoms. The molecule has 0 saturated carbocycles. The van der Waals surface area contributed by atoms with Crippen LogP contribution in [0.2, 0.25) is 18.1 Å². The first-order valence-electron chi connectivity index (χ1n) is 14.5. The van der Waals surface area contributed by atoms with E-state index in [1.54, 1.807) is 0 Å². The molecule has 0 radical (unpaired) electrons. The highest BCUT2D eigenvalue weighted by Gasteiger charge is 2.54. The third-order valence-electron chi connectivity index (χ3n) is 9.54. The van der Waals surface area contributed by atoms with Crippen LogP contribution < -0.4 is 0 Å². The summed E-state index contributed by atoms with van der Waals surface area (Å²) in [7, 11) is -2.22. The molecule has 3 aliphatic rings. The van der Waals surface area contributed by atoms with Crippen molar-refractivity contribution in [3.63, 3.8) is 0 Å². The van der Waals surface area contributed by atoms with E-state index in [9.17, 15) is 18.0 Å². The van der Waals surface area contributed by atoms with Gasteiger partial charge in [-0.05, 0) is 54.1 Å². The number of hydrogen-bond acceptors (Lipinski definition) is 5. The maximum Gasteiger partial charge on any atom is 0.416 e. The second-order valence-corrected chi connectivity index (χ2v) is 19.1. The van der Waals surface area contributed by atoms with Crippen LogP contribution in [0.4, 0.5) is 13.2 Å². The lowest BCUT2D eigenvalue weighted by molar-refractivity contribution is -0.137. The number of ether oxygens (including phenoxy) is 2. The Balaban J connectivity index is 1.77. The number of halogens is 3. The Kier molecular flexibility index (Phi) is 7.41. The lowest BCUT2D eigenvalue weighted by atomic mass is 9.70. The minimum Gasteiger partial charge on any atom is -0.410 e. The van der Waals surface area contributed by atoms with Gasteiger partial charge in [-0.1, -0.05) is 46.8 Å². The van der Waals surface area contributed by atoms with Crippen molar-refractivity contribution in [3.8, 4) is 0 Å². The predicted molar refractivity (Wildman–Crippen MR) is 153 cm³/mol. The fourth-order valence-electron chi connectivity index (χ4n) is 6.42. The van der Waals surface area contributed by atoms with E-state index < -0.39 is 31.8 Å². The number of Topliss-reactive ketones (excluding diaryl/α,β-unsaturated/α-hetero) is 1. The fraction of sp³-hybridized carbons (Fsp3) is 0.625. The summed E-state index contributed by atoms with van der Waals surface area (Å²) >= 11 is 0. The van der Waals surface area contributed by atoms with Crippen molar-refractivity contribution in [3.05, 3.63) is 63.5 Å². The third-order valence-corrected chi connectivity index (χ3v) is 14.0. The molecule has 0 bridgehead atoms. The number of aromatic nitrogens is 1. The van der Waals surface area contributed by atoms with E-state index in [2.05, 4.69) is 47.7 Å². The topological polar surface area (TPSA) is 57.7 Å². The number of rotatable bonds is 4. The van der Waals surface area contributed by atoms with Gasteiger partial charge >= 0.3 is 6.18 Å². The van der Waals surface area contributed by atoms with Gasteiger partial charge in [-0.3, -0.25) is 4.79 Å². The van der Waals surface area contributed by atoms with E-state index in [1.807, 2.05) is 0 Å². The molecular weight excluding hydrogens is 547 g/mol. The highest BCUT2D eigenvalue weighted by Crippen LogP contribution is 2.58. The number of carbonyl (C=O) groups is 1. The summed E-state index contributed by atoms with van der Waals surface area (Å²) in [5.74, 6) is -0.182. The lowest BCUT2D eigenvalue weighted by Gasteiger charge is -2.46. The molecule has 2 atom stereocenters. The van der Waals surface area contributed by atoms with Gasteiger partial charge in [-0.25, -0.2) is 4.98 Å². The van der Waals surface area contributed by atoms with Gasteiger partial charge in [-0.15, -0.1) is 0 Å². The van der Waals surface area contributed by atoms with Crippen LogP contribution in [0.25, 0.3) is 0 Å². The van der Waals surface area contributed by atoms with Gasteiger partial charge < -0.3 is 13.9 Å². The van der Waals surface area contributed by atoms with E-state index in [0.717, 1.165) is 35.4 Å². The minimum absolute atomic E-state index is 0.0136. The molecule has 5 rings (SSSR count). The Labute approximate surface area is 242 Å². The molecule has 2 aromatic rings. The number of pyridine rings is 1. The average molecular weight is 590 g/mol. The maximum absolute atomic E-state index is 13.4. The molecule has 3 heterocycles. The standard InChI is InChI=1S/C32H42F3NO4Si/c1-19(37)27-25-26(24-22(36-27)17-30(5,6)18-23(24)40-41(7,8)29(2,3)4)31(13-15-38-16-14-31)39-28(25)20-9-11-21(12-10-20)32(33,34)35/h9-12,23,28H,13-18H2,1-8H3/t23?,28-/m1/s1. The molecule has 1 aromatic carbocycles. The number of fused-ring (bicyclic) bond motifs is 4. The summed E-state index contributed by atoms with van der Waals surface area (Å²) in [6, 6.07) is 5.09. The summed E-state index contributed by atoms with van der Waals surface area (Å²) < 4.78 is 60.0. The normalized spacial score (nSPS) is 23.8. The van der Waals surface area contributed by atoms with E-state index in [0.29, 0.717) is 49.3 Å². The Hall–Kier alpha value is -2.07. The first kappa shape index (κ1) is 30.4. The van der Waals surface area contributed by atoms with Crippen molar-refractivity contribution in [2.24, 2.45) is 5.41 Å². The fourth-order valence-corrected chi connectivity index (χ4v) is 7.68. The van der Waals surface area contributed by atoms with Crippen molar-refractivity contribution in [2.45, 2.75) is 109 Å². The van der Waals surface area contributed by atoms with E-state index in [-0.39, 0.29) is 22.3 Å². The van der Waals surface area contributed by atoms with E-state index in [1.165, 1.54) is 19.1 Å². The van der Waals surface area contributed by atoms with Gasteiger partial charge in [-0.2, -0.15) is 13.2 Å². The highest BCUT2D eigenvalue weighted by molar-refractivity contribution is 6.74. The summed E-state index contributed by atoms with van der Waals surface area (Å²) in [6.07, 6.45) is -2.72. The van der Waals surface area contributed by atoms with Crippen molar-refractivity contribution in [1.29, 1.82) is 0 Å². The molecule has 2 aliphatic heterocycles. The molecule has 1 fully saturated rings. The SMILES string of the molecule is CC(=O)c1nc2c(c3c1[C@@H](c1ccc(C(F)(F)F)cc1)OC31CCOCC1)C(O[Si](C)(C)C(C)(C)C)CC(C)(C)C2. The number of hydrogen-bond donors (Lipinski definition) is 0. The molecule has 0 N–H and O–H groups in total. The Morgan fingerprint density at radius 3 is 2.20 bits per heavy atom. The van der Waals surface area contributed by atoms with Crippen LogP contribution in [0.3, 0.4) is 0 Å². The molecule has 224 valence electrons. The largest absolute Gasteiger partial charge is 0.416 e. The number of nitrogens with zero attached hydrogens (tertiary/aromatic N) is 1. The number of carbonyl (C=O) groups excluding carboxylic acids is 1. The quantitative estimate of drug-likeness (QED) is 0.265. The van der Waals surface area contributed by atoms with Crippen molar-refractivity contribution in [1.82, 2.24) is 4.98 Å². The molecule has 0 amide bonds. The van der Waals surface area contributed by atoms with Gasteiger partial charge in [0.1, 0.15) is 11.8 Å². The van der Waals surface area contributed by atoms with Crippen LogP contribution in [0, 0.1) is 5.41 Å². The second-order valence-electron chi connectivity index (χ2n) is 14.3. The van der Waals surface area contributed by atoms with Crippen LogP contribution in [-0.2, 0) is 32.1 Å². The predicted octanol–water partition coefficient (Wildman–Crippen LogP) is 8.46. The van der Waals surface area contributed by atoms with E-state index in [4.69, 9.17) is 18.9 Å². The molecule has 1 aromatic heterocycles. The summed E-state index contributed by atoms with van der Waals surface area (Å²) in [5, 5.41) is -0.0136. The Morgan fingerprint density at radius 2 is 1.66 bits per heavy atom. The molecule has 1 saturated heterocycles. The number of ketones is 1. The van der Waals surface area contributed by atoms with E-state index >= 15 is 0 Å². The zero-order chi connectivity index (χ0) is 30.2. The van der Waals surface area contributed by atoms with Crippen LogP contribution in [0.15, 0.2) is 24.3 Å². The summed E-state index contributed by atoms with van der Waals surface area (Å²) in [6.45, 7) is 18.1. The average Bonchev–Trinajstić information content (AvgIpc) is 3.15. The molecule has 5 nitrogen and oxygen atoms in total. The molecular formula is C32H42F3NO4Si. The van der Waals surface area contributed by atoms with Crippen molar-refractivity contribution >= 4 is 14.1 Å². The zero-order valence-electron chi connectivity index (χ0n) is 25.4. The Bertz CT molecular complexity index is 1340. The molecule has 1 unspecified atom stereocenters. The minimum atomic E-state index is -4.44. The second kappa shape index (κ2) is 10.00. The van der Waals surface area contributed by atoms with Crippen LogP contribution in [0.1, 0.15) is 117 Å².